The predicted molar refractivity (Wildman–Crippen MR) is 77.3 cm³/mol. The molecule has 0 aliphatic heterocycles. The van der Waals surface area contributed by atoms with Crippen molar-refractivity contribution in [2.45, 2.75) is 51.9 Å². The Labute approximate surface area is 115 Å². The zero-order valence-corrected chi connectivity index (χ0v) is 12.1. The highest BCUT2D eigenvalue weighted by Gasteiger charge is 2.46. The molecule has 1 fully saturated rings. The van der Waals surface area contributed by atoms with Gasteiger partial charge in [-0.2, -0.15) is 0 Å². The lowest BCUT2D eigenvalue weighted by Gasteiger charge is -2.43. The summed E-state index contributed by atoms with van der Waals surface area (Å²) >= 11 is 6.43. The van der Waals surface area contributed by atoms with E-state index in [0.29, 0.717) is 5.69 Å². The van der Waals surface area contributed by atoms with E-state index >= 15 is 0 Å². The van der Waals surface area contributed by atoms with Crippen LogP contribution in [0.15, 0.2) is 18.2 Å². The molecule has 0 saturated heterocycles. The van der Waals surface area contributed by atoms with Crippen LogP contribution in [0.2, 0.25) is 5.02 Å². The lowest BCUT2D eigenvalue weighted by atomic mass is 9.61. The molecule has 0 amide bonds. The van der Waals surface area contributed by atoms with E-state index < -0.39 is 0 Å². The molecule has 1 nitrogen and oxygen atoms in total. The minimum absolute atomic E-state index is 0.130. The summed E-state index contributed by atoms with van der Waals surface area (Å²) in [4.78, 5) is 3.55. The van der Waals surface area contributed by atoms with E-state index in [1.54, 1.807) is 0 Å². The number of hydrogen-bond donors (Lipinski definition) is 0. The largest absolute Gasteiger partial charge is 0.238 e. The Bertz CT molecular complexity index is 485. The van der Waals surface area contributed by atoms with Crippen molar-refractivity contribution >= 4 is 17.3 Å². The topological polar surface area (TPSA) is 4.36 Å². The molecule has 0 spiro atoms. The van der Waals surface area contributed by atoms with Gasteiger partial charge in [0.1, 0.15) is 0 Å². The van der Waals surface area contributed by atoms with Crippen molar-refractivity contribution in [3.63, 3.8) is 0 Å². The Morgan fingerprint density at radius 3 is 2.33 bits per heavy atom. The summed E-state index contributed by atoms with van der Waals surface area (Å²) in [7, 11) is 0. The minimum atomic E-state index is 0.130. The molecule has 1 saturated carbocycles. The van der Waals surface area contributed by atoms with Gasteiger partial charge in [-0.25, -0.2) is 4.85 Å². The molecule has 0 aromatic heterocycles. The monoisotopic (exact) mass is 261 g/mol. The summed E-state index contributed by atoms with van der Waals surface area (Å²) in [5.74, 6) is 0. The first-order chi connectivity index (χ1) is 8.40. The molecule has 0 bridgehead atoms. The standard InChI is InChI=1S/C16H20ClN/c1-15(2,3)16(9-5-6-10-16)13-11-12(18-4)7-8-14(13)17/h7-8,11H,5-6,9-10H2,1-3H3. The summed E-state index contributed by atoms with van der Waals surface area (Å²) in [6.07, 6.45) is 4.88. The van der Waals surface area contributed by atoms with Crippen LogP contribution in [-0.2, 0) is 5.41 Å². The number of benzene rings is 1. The van der Waals surface area contributed by atoms with Gasteiger partial charge < -0.3 is 0 Å². The summed E-state index contributed by atoms with van der Waals surface area (Å²) in [5.41, 5.74) is 2.19. The maximum absolute atomic E-state index is 7.18. The number of nitrogens with zero attached hydrogens (tertiary/aromatic N) is 1. The summed E-state index contributed by atoms with van der Waals surface area (Å²) in [5, 5.41) is 0.819. The highest BCUT2D eigenvalue weighted by molar-refractivity contribution is 6.31. The second-order valence-corrected chi connectivity index (χ2v) is 6.72. The highest BCUT2D eigenvalue weighted by Crippen LogP contribution is 2.54. The zero-order valence-electron chi connectivity index (χ0n) is 11.4. The van der Waals surface area contributed by atoms with Crippen LogP contribution >= 0.6 is 11.6 Å². The molecule has 2 heteroatoms. The Hall–Kier alpha value is -1.00. The van der Waals surface area contributed by atoms with Gasteiger partial charge in [-0.05, 0) is 23.8 Å². The van der Waals surface area contributed by atoms with Gasteiger partial charge in [-0.3, -0.25) is 0 Å². The second kappa shape index (κ2) is 4.59. The van der Waals surface area contributed by atoms with E-state index in [1.807, 2.05) is 18.2 Å². The molecule has 0 heterocycles. The van der Waals surface area contributed by atoms with E-state index in [1.165, 1.54) is 31.2 Å². The molecule has 0 unspecified atom stereocenters. The minimum Gasteiger partial charge on any atom is -0.238 e. The van der Waals surface area contributed by atoms with Crippen molar-refractivity contribution in [1.82, 2.24) is 0 Å². The average Bonchev–Trinajstić information content (AvgIpc) is 2.79. The van der Waals surface area contributed by atoms with Gasteiger partial charge in [0.25, 0.3) is 0 Å². The fraction of sp³-hybridized carbons (Fsp3) is 0.562. The van der Waals surface area contributed by atoms with Crippen LogP contribution in [0.25, 0.3) is 4.85 Å². The molecule has 0 N–H and O–H groups in total. The Kier molecular flexibility index (Phi) is 3.43. The normalized spacial score (nSPS) is 18.6. The van der Waals surface area contributed by atoms with E-state index in [9.17, 15) is 0 Å². The third kappa shape index (κ3) is 2.04. The van der Waals surface area contributed by atoms with Gasteiger partial charge in [-0.15, -0.1) is 0 Å². The van der Waals surface area contributed by atoms with Crippen LogP contribution < -0.4 is 0 Å². The maximum Gasteiger partial charge on any atom is 0.187 e. The van der Waals surface area contributed by atoms with Gasteiger partial charge >= 0.3 is 0 Å². The molecule has 96 valence electrons. The van der Waals surface area contributed by atoms with Gasteiger partial charge in [0, 0.05) is 10.4 Å². The van der Waals surface area contributed by atoms with Crippen molar-refractivity contribution in [3.8, 4) is 0 Å². The van der Waals surface area contributed by atoms with Gasteiger partial charge in [0.05, 0.1) is 6.57 Å². The Balaban J connectivity index is 2.60. The number of hydrogen-bond acceptors (Lipinski definition) is 0. The molecular weight excluding hydrogens is 242 g/mol. The van der Waals surface area contributed by atoms with Crippen LogP contribution in [0.5, 0.6) is 0 Å². The molecular formula is C16H20ClN. The first-order valence-corrected chi connectivity index (χ1v) is 6.96. The van der Waals surface area contributed by atoms with E-state index in [2.05, 4.69) is 25.6 Å². The Morgan fingerprint density at radius 1 is 1.22 bits per heavy atom. The SMILES string of the molecule is [C-]#[N+]c1ccc(Cl)c(C2(C(C)(C)C)CCCC2)c1. The van der Waals surface area contributed by atoms with Crippen molar-refractivity contribution in [2.24, 2.45) is 5.41 Å². The van der Waals surface area contributed by atoms with Crippen LogP contribution in [0.3, 0.4) is 0 Å². The highest BCUT2D eigenvalue weighted by atomic mass is 35.5. The third-order valence-corrected chi connectivity index (χ3v) is 4.82. The van der Waals surface area contributed by atoms with Crippen molar-refractivity contribution in [3.05, 3.63) is 40.2 Å². The van der Waals surface area contributed by atoms with E-state index in [-0.39, 0.29) is 10.8 Å². The molecule has 0 radical (unpaired) electrons. The molecule has 1 aromatic rings. The van der Waals surface area contributed by atoms with Crippen molar-refractivity contribution < 1.29 is 0 Å². The van der Waals surface area contributed by atoms with Gasteiger partial charge in [0.15, 0.2) is 5.69 Å². The summed E-state index contributed by atoms with van der Waals surface area (Å²) in [6.45, 7) is 14.1. The fourth-order valence-electron chi connectivity index (χ4n) is 3.35. The van der Waals surface area contributed by atoms with Gasteiger partial charge in [0.2, 0.25) is 0 Å². The van der Waals surface area contributed by atoms with Crippen molar-refractivity contribution in [2.75, 3.05) is 0 Å². The summed E-state index contributed by atoms with van der Waals surface area (Å²) < 4.78 is 0. The smallest absolute Gasteiger partial charge is 0.187 e. The van der Waals surface area contributed by atoms with Gasteiger partial charge in [-0.1, -0.05) is 63.4 Å². The lowest BCUT2D eigenvalue weighted by molar-refractivity contribution is 0.187. The van der Waals surface area contributed by atoms with Crippen LogP contribution in [0.4, 0.5) is 5.69 Å². The second-order valence-electron chi connectivity index (χ2n) is 6.32. The molecule has 18 heavy (non-hydrogen) atoms. The first-order valence-electron chi connectivity index (χ1n) is 6.58. The molecule has 0 atom stereocenters. The van der Waals surface area contributed by atoms with Crippen LogP contribution in [0, 0.1) is 12.0 Å². The molecule has 1 aliphatic carbocycles. The number of halogens is 1. The quantitative estimate of drug-likeness (QED) is 0.567. The van der Waals surface area contributed by atoms with Crippen LogP contribution in [-0.4, -0.2) is 0 Å². The van der Waals surface area contributed by atoms with E-state index in [4.69, 9.17) is 18.2 Å². The lowest BCUT2D eigenvalue weighted by Crippen LogP contribution is -2.37. The van der Waals surface area contributed by atoms with Crippen LogP contribution in [0.1, 0.15) is 52.0 Å². The van der Waals surface area contributed by atoms with Crippen molar-refractivity contribution in [1.29, 1.82) is 0 Å². The summed E-state index contributed by atoms with van der Waals surface area (Å²) in [6, 6.07) is 5.70. The molecule has 1 aromatic carbocycles. The molecule has 1 aliphatic rings. The fourth-order valence-corrected chi connectivity index (χ4v) is 3.65. The number of rotatable bonds is 1. The average molecular weight is 262 g/mol. The maximum atomic E-state index is 7.18. The Morgan fingerprint density at radius 2 is 1.83 bits per heavy atom. The first kappa shape index (κ1) is 13.4. The van der Waals surface area contributed by atoms with E-state index in [0.717, 1.165) is 5.02 Å². The third-order valence-electron chi connectivity index (χ3n) is 4.49. The predicted octanol–water partition coefficient (Wildman–Crippen LogP) is 5.75. The zero-order chi connectivity index (χ0) is 13.4. The molecule has 2 rings (SSSR count).